The third-order valence-corrected chi connectivity index (χ3v) is 6.51. The number of hydrogen-bond donors (Lipinski definition) is 1. The van der Waals surface area contributed by atoms with Crippen molar-refractivity contribution in [3.05, 3.63) is 65.5 Å². The molecule has 0 radical (unpaired) electrons. The average Bonchev–Trinajstić information content (AvgIpc) is 2.79. The van der Waals surface area contributed by atoms with Gasteiger partial charge in [0.05, 0.1) is 11.9 Å². The third kappa shape index (κ3) is 7.88. The quantitative estimate of drug-likeness (QED) is 0.473. The smallest absolute Gasteiger partial charge is 0.244 e. The van der Waals surface area contributed by atoms with Gasteiger partial charge in [-0.05, 0) is 38.0 Å². The van der Waals surface area contributed by atoms with Gasteiger partial charge in [0, 0.05) is 24.2 Å². The molecule has 0 spiro atoms. The third-order valence-electron chi connectivity index (χ3n) is 5.37. The van der Waals surface area contributed by atoms with Gasteiger partial charge >= 0.3 is 0 Å². The molecule has 2 rings (SSSR count). The molecule has 2 amide bonds. The molecule has 0 aliphatic carbocycles. The number of ketones is 1. The molecule has 0 aliphatic heterocycles. The van der Waals surface area contributed by atoms with Crippen LogP contribution in [0, 0.1) is 11.7 Å². The molecule has 2 aromatic rings. The number of nitrogens with one attached hydrogen (secondary N) is 1. The Hall–Kier alpha value is -3.27. The molecule has 0 fully saturated rings. The maximum Gasteiger partial charge on any atom is 0.244 e. The molecule has 190 valence electrons. The number of Topliss-reactive ketones (excluding diaryl/α,β-unsaturated/α-hetero) is 1. The lowest BCUT2D eigenvalue weighted by Crippen LogP contribution is -2.51. The second-order valence-electron chi connectivity index (χ2n) is 8.80. The molecule has 0 aromatic heterocycles. The molecule has 0 bridgehead atoms. The number of nitrogens with zero attached hydrogens (tertiary/aromatic N) is 2. The summed E-state index contributed by atoms with van der Waals surface area (Å²) in [5, 5.41) is 2.76. The molecular formula is C25H32FN3O5S. The maximum absolute atomic E-state index is 14.4. The monoisotopic (exact) mass is 505 g/mol. The fourth-order valence-electron chi connectivity index (χ4n) is 3.34. The minimum Gasteiger partial charge on any atom is -0.354 e. The lowest BCUT2D eigenvalue weighted by atomic mass is 10.1. The number of benzene rings is 2. The second-order valence-corrected chi connectivity index (χ2v) is 10.7. The summed E-state index contributed by atoms with van der Waals surface area (Å²) in [6, 6.07) is 10.8. The van der Waals surface area contributed by atoms with Gasteiger partial charge < -0.3 is 10.2 Å². The summed E-state index contributed by atoms with van der Waals surface area (Å²) in [4.78, 5) is 39.2. The average molecular weight is 506 g/mol. The van der Waals surface area contributed by atoms with Crippen molar-refractivity contribution in [1.82, 2.24) is 10.2 Å². The van der Waals surface area contributed by atoms with Gasteiger partial charge in [0.2, 0.25) is 21.8 Å². The fraction of sp³-hybridized carbons (Fsp3) is 0.400. The predicted molar refractivity (Wildman–Crippen MR) is 133 cm³/mol. The van der Waals surface area contributed by atoms with Crippen LogP contribution in [0.4, 0.5) is 10.1 Å². The van der Waals surface area contributed by atoms with Crippen molar-refractivity contribution < 1.29 is 27.2 Å². The molecule has 2 aromatic carbocycles. The van der Waals surface area contributed by atoms with Crippen LogP contribution >= 0.6 is 0 Å². The van der Waals surface area contributed by atoms with Crippen molar-refractivity contribution in [3.8, 4) is 0 Å². The largest absolute Gasteiger partial charge is 0.354 e. The van der Waals surface area contributed by atoms with Crippen LogP contribution in [0.15, 0.2) is 48.5 Å². The summed E-state index contributed by atoms with van der Waals surface area (Å²) in [6.45, 7) is 6.23. The summed E-state index contributed by atoms with van der Waals surface area (Å²) in [5.74, 6) is -1.76. The highest BCUT2D eigenvalue weighted by molar-refractivity contribution is 7.92. The number of hydrogen-bond acceptors (Lipinski definition) is 5. The van der Waals surface area contributed by atoms with E-state index in [-0.39, 0.29) is 35.1 Å². The van der Waals surface area contributed by atoms with Crippen molar-refractivity contribution >= 4 is 33.3 Å². The van der Waals surface area contributed by atoms with Crippen LogP contribution < -0.4 is 9.62 Å². The minimum absolute atomic E-state index is 0.135. The van der Waals surface area contributed by atoms with E-state index >= 15 is 0 Å². The first kappa shape index (κ1) is 28.0. The van der Waals surface area contributed by atoms with E-state index in [0.717, 1.165) is 15.5 Å². The van der Waals surface area contributed by atoms with E-state index in [4.69, 9.17) is 0 Å². The molecule has 0 saturated carbocycles. The van der Waals surface area contributed by atoms with Crippen LogP contribution in [-0.2, 0) is 26.2 Å². The van der Waals surface area contributed by atoms with Crippen LogP contribution in [-0.4, -0.2) is 56.3 Å². The van der Waals surface area contributed by atoms with Crippen molar-refractivity contribution in [2.45, 2.75) is 40.3 Å². The van der Waals surface area contributed by atoms with Crippen molar-refractivity contribution in [2.24, 2.45) is 5.92 Å². The molecule has 8 nitrogen and oxygen atoms in total. The zero-order chi connectivity index (χ0) is 26.3. The van der Waals surface area contributed by atoms with Gasteiger partial charge in [-0.1, -0.05) is 44.2 Å². The van der Waals surface area contributed by atoms with E-state index in [1.165, 1.54) is 50.2 Å². The Morgan fingerprint density at radius 2 is 1.69 bits per heavy atom. The summed E-state index contributed by atoms with van der Waals surface area (Å²) < 4.78 is 40.5. The first-order chi connectivity index (χ1) is 16.3. The van der Waals surface area contributed by atoms with Crippen LogP contribution in [0.2, 0.25) is 0 Å². The fourth-order valence-corrected chi connectivity index (χ4v) is 4.18. The highest BCUT2D eigenvalue weighted by atomic mass is 32.2. The molecule has 1 N–H and O–H groups in total. The molecule has 0 heterocycles. The molecule has 10 heteroatoms. The second kappa shape index (κ2) is 11.9. The topological polar surface area (TPSA) is 104 Å². The van der Waals surface area contributed by atoms with E-state index in [1.54, 1.807) is 12.1 Å². The van der Waals surface area contributed by atoms with E-state index in [0.29, 0.717) is 6.54 Å². The Balaban J connectivity index is 2.42. The van der Waals surface area contributed by atoms with E-state index in [2.05, 4.69) is 5.32 Å². The van der Waals surface area contributed by atoms with E-state index < -0.39 is 40.2 Å². The highest BCUT2D eigenvalue weighted by Crippen LogP contribution is 2.21. The van der Waals surface area contributed by atoms with Crippen LogP contribution in [0.3, 0.4) is 0 Å². The Bertz CT molecular complexity index is 1180. The number of carbonyl (C=O) groups excluding carboxylic acids is 3. The Morgan fingerprint density at radius 3 is 2.26 bits per heavy atom. The van der Waals surface area contributed by atoms with Crippen molar-refractivity contribution in [3.63, 3.8) is 0 Å². The summed E-state index contributed by atoms with van der Waals surface area (Å²) in [5.41, 5.74) is 0.610. The number of halogens is 1. The lowest BCUT2D eigenvalue weighted by Gasteiger charge is -2.31. The molecule has 0 saturated heterocycles. The van der Waals surface area contributed by atoms with Gasteiger partial charge in [0.25, 0.3) is 0 Å². The first-order valence-corrected chi connectivity index (χ1v) is 13.1. The van der Waals surface area contributed by atoms with Gasteiger partial charge in [0.15, 0.2) is 5.78 Å². The molecule has 1 atom stereocenters. The number of sulfonamides is 1. The van der Waals surface area contributed by atoms with Crippen LogP contribution in [0.25, 0.3) is 0 Å². The molecular weight excluding hydrogens is 473 g/mol. The molecule has 0 unspecified atom stereocenters. The number of carbonyl (C=O) groups is 3. The maximum atomic E-state index is 14.4. The standard InChI is InChI=1S/C25H32FN3O5S/c1-17(2)14-27-25(32)18(3)28(15-21-9-6-7-12-23(21)26)24(31)16-29(35(5,33)34)22-11-8-10-20(13-22)19(4)30/h6-13,17-18H,14-16H2,1-5H3,(H,27,32)/t18-/m0/s1. The van der Waals surface area contributed by atoms with Gasteiger partial charge in [-0.15, -0.1) is 0 Å². The number of anilines is 1. The summed E-state index contributed by atoms with van der Waals surface area (Å²) in [6.07, 6.45) is 0.945. The van der Waals surface area contributed by atoms with Gasteiger partial charge in [-0.2, -0.15) is 0 Å². The Kier molecular flexibility index (Phi) is 9.53. The van der Waals surface area contributed by atoms with Crippen molar-refractivity contribution in [1.29, 1.82) is 0 Å². The minimum atomic E-state index is -3.94. The molecule has 35 heavy (non-hydrogen) atoms. The SMILES string of the molecule is CC(=O)c1cccc(N(CC(=O)N(Cc2ccccc2F)[C@@H](C)C(=O)NCC(C)C)S(C)(=O)=O)c1. The number of rotatable bonds is 11. The van der Waals surface area contributed by atoms with Gasteiger partial charge in [0.1, 0.15) is 18.4 Å². The zero-order valence-corrected chi connectivity index (χ0v) is 21.4. The van der Waals surface area contributed by atoms with Crippen LogP contribution in [0.5, 0.6) is 0 Å². The van der Waals surface area contributed by atoms with Crippen molar-refractivity contribution in [2.75, 3.05) is 23.7 Å². The normalized spacial score (nSPS) is 12.2. The van der Waals surface area contributed by atoms with E-state index in [1.807, 2.05) is 13.8 Å². The Labute approximate surface area is 206 Å². The number of amides is 2. The zero-order valence-electron chi connectivity index (χ0n) is 20.6. The summed E-state index contributed by atoms with van der Waals surface area (Å²) >= 11 is 0. The van der Waals surface area contributed by atoms with Crippen LogP contribution in [0.1, 0.15) is 43.6 Å². The van der Waals surface area contributed by atoms with Gasteiger partial charge in [-0.25, -0.2) is 12.8 Å². The Morgan fingerprint density at radius 1 is 1.03 bits per heavy atom. The van der Waals surface area contributed by atoms with Gasteiger partial charge in [-0.3, -0.25) is 18.7 Å². The lowest BCUT2D eigenvalue weighted by molar-refractivity contribution is -0.139. The highest BCUT2D eigenvalue weighted by Gasteiger charge is 2.30. The first-order valence-electron chi connectivity index (χ1n) is 11.2. The summed E-state index contributed by atoms with van der Waals surface area (Å²) in [7, 11) is -3.94. The predicted octanol–water partition coefficient (Wildman–Crippen LogP) is 2.98. The molecule has 0 aliphatic rings. The van der Waals surface area contributed by atoms with E-state index in [9.17, 15) is 27.2 Å².